The van der Waals surface area contributed by atoms with E-state index in [-0.39, 0.29) is 5.95 Å². The number of benzene rings is 1. The highest BCUT2D eigenvalue weighted by Crippen LogP contribution is 2.22. The molecule has 2 aromatic heterocycles. The molecule has 124 valence electrons. The van der Waals surface area contributed by atoms with Crippen LogP contribution in [0.15, 0.2) is 30.5 Å². The molecular weight excluding hydrogens is 300 g/mol. The molecule has 1 aliphatic carbocycles. The number of anilines is 2. The summed E-state index contributed by atoms with van der Waals surface area (Å²) < 4.78 is 0. The first-order valence-corrected chi connectivity index (χ1v) is 8.60. The number of hydrogen-bond acceptors (Lipinski definition) is 5. The van der Waals surface area contributed by atoms with Gasteiger partial charge in [0.1, 0.15) is 5.82 Å². The Labute approximate surface area is 140 Å². The number of fused-ring (bicyclic) bond motifs is 1. The Hall–Kier alpha value is -2.63. The third kappa shape index (κ3) is 3.18. The van der Waals surface area contributed by atoms with Crippen LogP contribution in [0.3, 0.4) is 0 Å². The zero-order valence-corrected chi connectivity index (χ0v) is 13.6. The average Bonchev–Trinajstić information content (AvgIpc) is 2.98. The predicted molar refractivity (Wildman–Crippen MR) is 95.8 cm³/mol. The van der Waals surface area contributed by atoms with Crippen LogP contribution in [0.1, 0.15) is 43.5 Å². The second kappa shape index (κ2) is 6.47. The molecule has 0 saturated heterocycles. The van der Waals surface area contributed by atoms with Crippen LogP contribution in [-0.4, -0.2) is 26.0 Å². The van der Waals surface area contributed by atoms with Crippen LogP contribution in [0.2, 0.25) is 0 Å². The summed E-state index contributed by atoms with van der Waals surface area (Å²) in [5.74, 6) is 1.58. The Morgan fingerprint density at radius 1 is 1.08 bits per heavy atom. The number of para-hydroxylation sites is 1. The Balaban J connectivity index is 1.56. The maximum absolute atomic E-state index is 5.90. The molecule has 6 nitrogen and oxygen atoms in total. The minimum absolute atomic E-state index is 0.276. The van der Waals surface area contributed by atoms with Crippen molar-refractivity contribution in [3.63, 3.8) is 0 Å². The summed E-state index contributed by atoms with van der Waals surface area (Å²) in [6, 6.07) is 8.68. The van der Waals surface area contributed by atoms with E-state index in [0.717, 1.165) is 5.52 Å². The largest absolute Gasteiger partial charge is 0.368 e. The second-order valence-corrected chi connectivity index (χ2v) is 6.45. The summed E-state index contributed by atoms with van der Waals surface area (Å²) in [6.45, 7) is 0. The number of hydrogen-bond donors (Lipinski definition) is 3. The highest BCUT2D eigenvalue weighted by molar-refractivity contribution is 5.83. The highest BCUT2D eigenvalue weighted by Gasteiger charge is 2.15. The lowest BCUT2D eigenvalue weighted by Crippen LogP contribution is -2.24. The van der Waals surface area contributed by atoms with Gasteiger partial charge in [0, 0.05) is 29.6 Å². The number of aromatic amines is 1. The zero-order valence-electron chi connectivity index (χ0n) is 13.6. The van der Waals surface area contributed by atoms with Gasteiger partial charge in [0.15, 0.2) is 0 Å². The number of nitrogens with two attached hydrogens (primary N) is 1. The van der Waals surface area contributed by atoms with E-state index in [1.807, 2.05) is 18.3 Å². The van der Waals surface area contributed by atoms with E-state index in [2.05, 4.69) is 37.4 Å². The molecule has 1 fully saturated rings. The van der Waals surface area contributed by atoms with Crippen molar-refractivity contribution in [2.45, 2.75) is 44.6 Å². The normalized spacial score (nSPS) is 15.7. The molecule has 0 atom stereocenters. The van der Waals surface area contributed by atoms with Gasteiger partial charge in [-0.05, 0) is 24.5 Å². The first-order chi connectivity index (χ1) is 11.8. The zero-order chi connectivity index (χ0) is 16.4. The molecule has 4 N–H and O–H groups in total. The van der Waals surface area contributed by atoms with Crippen LogP contribution in [-0.2, 0) is 6.42 Å². The number of rotatable bonds is 4. The summed E-state index contributed by atoms with van der Waals surface area (Å²) in [7, 11) is 0. The minimum Gasteiger partial charge on any atom is -0.368 e. The van der Waals surface area contributed by atoms with Gasteiger partial charge in [-0.15, -0.1) is 0 Å². The molecule has 6 heteroatoms. The van der Waals surface area contributed by atoms with Crippen molar-refractivity contribution < 1.29 is 0 Å². The van der Waals surface area contributed by atoms with E-state index in [9.17, 15) is 0 Å². The fourth-order valence-corrected chi connectivity index (χ4v) is 3.46. The van der Waals surface area contributed by atoms with Crippen molar-refractivity contribution in [2.24, 2.45) is 0 Å². The fraction of sp³-hybridized carbons (Fsp3) is 0.389. The molecule has 0 radical (unpaired) electrons. The lowest BCUT2D eigenvalue weighted by Gasteiger charge is -2.22. The van der Waals surface area contributed by atoms with Crippen LogP contribution < -0.4 is 11.1 Å². The van der Waals surface area contributed by atoms with Crippen LogP contribution >= 0.6 is 0 Å². The second-order valence-electron chi connectivity index (χ2n) is 6.45. The highest BCUT2D eigenvalue weighted by atomic mass is 15.2. The van der Waals surface area contributed by atoms with E-state index >= 15 is 0 Å². The van der Waals surface area contributed by atoms with E-state index in [0.29, 0.717) is 24.2 Å². The van der Waals surface area contributed by atoms with E-state index in [1.165, 1.54) is 43.1 Å². The van der Waals surface area contributed by atoms with Crippen LogP contribution in [0.25, 0.3) is 10.9 Å². The topological polar surface area (TPSA) is 92.5 Å². The van der Waals surface area contributed by atoms with Gasteiger partial charge in [0.25, 0.3) is 0 Å². The third-order valence-electron chi connectivity index (χ3n) is 4.66. The molecule has 0 unspecified atom stereocenters. The lowest BCUT2D eigenvalue weighted by atomic mass is 9.96. The van der Waals surface area contributed by atoms with Gasteiger partial charge in [-0.25, -0.2) is 0 Å². The molecule has 0 aliphatic heterocycles. The summed E-state index contributed by atoms with van der Waals surface area (Å²) in [5.41, 5.74) is 8.18. The molecule has 4 rings (SSSR count). The lowest BCUT2D eigenvalue weighted by molar-refractivity contribution is 0.460. The van der Waals surface area contributed by atoms with Crippen molar-refractivity contribution >= 4 is 22.8 Å². The predicted octanol–water partition coefficient (Wildman–Crippen LogP) is 3.27. The average molecular weight is 322 g/mol. The molecule has 2 heterocycles. The minimum atomic E-state index is 0.276. The van der Waals surface area contributed by atoms with Crippen molar-refractivity contribution in [1.29, 1.82) is 0 Å². The van der Waals surface area contributed by atoms with Gasteiger partial charge in [-0.1, -0.05) is 37.5 Å². The van der Waals surface area contributed by atoms with Crippen LogP contribution in [0, 0.1) is 0 Å². The summed E-state index contributed by atoms with van der Waals surface area (Å²) in [6.07, 6.45) is 8.84. The first-order valence-electron chi connectivity index (χ1n) is 8.60. The standard InChI is InChI=1S/C18H22N6/c19-17-22-16(10-12-11-20-15-9-5-4-8-14(12)15)23-18(24-17)21-13-6-2-1-3-7-13/h4-5,8-9,11,13,20H,1-3,6-7,10H2,(H3,19,21,22,23,24). The Bertz CT molecular complexity index is 834. The van der Waals surface area contributed by atoms with E-state index in [4.69, 9.17) is 5.73 Å². The fourth-order valence-electron chi connectivity index (χ4n) is 3.46. The number of nitrogens with one attached hydrogen (secondary N) is 2. The van der Waals surface area contributed by atoms with Crippen molar-refractivity contribution in [3.8, 4) is 0 Å². The Morgan fingerprint density at radius 3 is 2.79 bits per heavy atom. The molecular formula is C18H22N6. The van der Waals surface area contributed by atoms with Gasteiger partial charge < -0.3 is 16.0 Å². The summed E-state index contributed by atoms with van der Waals surface area (Å²) >= 11 is 0. The van der Waals surface area contributed by atoms with Gasteiger partial charge in [-0.3, -0.25) is 0 Å². The molecule has 0 bridgehead atoms. The van der Waals surface area contributed by atoms with Gasteiger partial charge in [0.05, 0.1) is 0 Å². The molecule has 1 aromatic carbocycles. The maximum Gasteiger partial charge on any atom is 0.227 e. The van der Waals surface area contributed by atoms with Gasteiger partial charge in [0.2, 0.25) is 11.9 Å². The molecule has 3 aromatic rings. The SMILES string of the molecule is Nc1nc(Cc2c[nH]c3ccccc23)nc(NC2CCCCC2)n1. The summed E-state index contributed by atoms with van der Waals surface area (Å²) in [4.78, 5) is 16.4. The number of aromatic nitrogens is 4. The number of H-pyrrole nitrogens is 1. The molecule has 1 aliphatic rings. The molecule has 0 amide bonds. The third-order valence-corrected chi connectivity index (χ3v) is 4.66. The Morgan fingerprint density at radius 2 is 1.92 bits per heavy atom. The van der Waals surface area contributed by atoms with Crippen molar-refractivity contribution in [2.75, 3.05) is 11.1 Å². The first kappa shape index (κ1) is 14.9. The van der Waals surface area contributed by atoms with Gasteiger partial charge >= 0.3 is 0 Å². The molecule has 1 saturated carbocycles. The van der Waals surface area contributed by atoms with Crippen LogP contribution in [0.4, 0.5) is 11.9 Å². The molecule has 0 spiro atoms. The quantitative estimate of drug-likeness (QED) is 0.685. The maximum atomic E-state index is 5.90. The monoisotopic (exact) mass is 322 g/mol. The van der Waals surface area contributed by atoms with Crippen molar-refractivity contribution in [3.05, 3.63) is 41.9 Å². The van der Waals surface area contributed by atoms with E-state index in [1.54, 1.807) is 0 Å². The van der Waals surface area contributed by atoms with Crippen LogP contribution in [0.5, 0.6) is 0 Å². The van der Waals surface area contributed by atoms with Crippen molar-refractivity contribution in [1.82, 2.24) is 19.9 Å². The number of nitrogens with zero attached hydrogens (tertiary/aromatic N) is 3. The molecule has 24 heavy (non-hydrogen) atoms. The number of nitrogen functional groups attached to an aromatic ring is 1. The Kier molecular flexibility index (Phi) is 4.02. The van der Waals surface area contributed by atoms with E-state index < -0.39 is 0 Å². The summed E-state index contributed by atoms with van der Waals surface area (Å²) in [5, 5.41) is 4.62. The smallest absolute Gasteiger partial charge is 0.227 e. The van der Waals surface area contributed by atoms with Gasteiger partial charge in [-0.2, -0.15) is 15.0 Å².